The van der Waals surface area contributed by atoms with Gasteiger partial charge in [-0.15, -0.1) is 0 Å². The first-order chi connectivity index (χ1) is 9.93. The zero-order valence-electron chi connectivity index (χ0n) is 12.0. The molecular formula is C17H24N2O+2. The molecule has 0 unspecified atom stereocenters. The molecule has 3 rings (SSSR count). The number of rotatable bonds is 5. The molecule has 3 N–H and O–H groups in total. The summed E-state index contributed by atoms with van der Waals surface area (Å²) >= 11 is 0. The highest BCUT2D eigenvalue weighted by atomic mass is 16.5. The Morgan fingerprint density at radius 2 is 1.80 bits per heavy atom. The average Bonchev–Trinajstić information content (AvgIpc) is 2.53. The molecule has 0 spiro atoms. The predicted octanol–water partition coefficient (Wildman–Crippen LogP) is 0.0706. The van der Waals surface area contributed by atoms with Crippen molar-refractivity contribution < 1.29 is 15.0 Å². The molecule has 0 bridgehead atoms. The van der Waals surface area contributed by atoms with Crippen molar-refractivity contribution in [1.82, 2.24) is 0 Å². The number of ether oxygens (including phenoxy) is 1. The number of nitrogens with one attached hydrogen (secondary N) is 1. The minimum Gasteiger partial charge on any atom is -0.493 e. The monoisotopic (exact) mass is 272 g/mol. The second-order valence-corrected chi connectivity index (χ2v) is 5.55. The summed E-state index contributed by atoms with van der Waals surface area (Å²) in [6, 6.07) is 14.7. The molecular weight excluding hydrogens is 248 g/mol. The lowest BCUT2D eigenvalue weighted by molar-refractivity contribution is -0.946. The summed E-state index contributed by atoms with van der Waals surface area (Å²) in [4.78, 5) is 1.73. The molecule has 1 fully saturated rings. The van der Waals surface area contributed by atoms with Crippen LogP contribution in [-0.2, 0) is 0 Å². The minimum absolute atomic E-state index is 0.821. The van der Waals surface area contributed by atoms with Gasteiger partial charge in [0.2, 0.25) is 0 Å². The van der Waals surface area contributed by atoms with E-state index in [0.717, 1.165) is 18.8 Å². The van der Waals surface area contributed by atoms with Crippen molar-refractivity contribution in [1.29, 1.82) is 0 Å². The molecule has 106 valence electrons. The van der Waals surface area contributed by atoms with E-state index in [4.69, 9.17) is 4.74 Å². The highest BCUT2D eigenvalue weighted by Crippen LogP contribution is 2.24. The molecule has 2 aromatic rings. The topological polar surface area (TPSA) is 30.3 Å². The largest absolute Gasteiger partial charge is 0.493 e. The van der Waals surface area contributed by atoms with Gasteiger partial charge in [-0.25, -0.2) is 0 Å². The Morgan fingerprint density at radius 1 is 1.00 bits per heavy atom. The van der Waals surface area contributed by atoms with Gasteiger partial charge in [-0.1, -0.05) is 36.4 Å². The third kappa shape index (κ3) is 3.30. The summed E-state index contributed by atoms with van der Waals surface area (Å²) in [5, 5.41) is 4.88. The Kier molecular flexibility index (Phi) is 4.51. The Morgan fingerprint density at radius 3 is 2.70 bits per heavy atom. The first kappa shape index (κ1) is 13.4. The summed E-state index contributed by atoms with van der Waals surface area (Å²) in [5.74, 6) is 1.02. The normalized spacial score (nSPS) is 16.4. The van der Waals surface area contributed by atoms with Crippen molar-refractivity contribution in [3.8, 4) is 5.75 Å². The standard InChI is InChI=1S/C17H22N2O/c1-2-7-16-15(5-1)6-3-8-17(16)20-14-4-11-19-12-9-18-10-13-19/h1-3,5-8,18H,4,9-14H2/p+2. The van der Waals surface area contributed by atoms with Gasteiger partial charge in [0, 0.05) is 11.8 Å². The van der Waals surface area contributed by atoms with Crippen molar-refractivity contribution in [2.24, 2.45) is 0 Å². The SMILES string of the molecule is c1ccc2c(OCCC[NH+]3CC[NH2+]CC3)cccc2c1. The molecule has 0 aliphatic carbocycles. The van der Waals surface area contributed by atoms with Crippen LogP contribution >= 0.6 is 0 Å². The van der Waals surface area contributed by atoms with Crippen LogP contribution in [0, 0.1) is 0 Å². The minimum atomic E-state index is 0.821. The molecule has 0 atom stereocenters. The van der Waals surface area contributed by atoms with Gasteiger partial charge >= 0.3 is 0 Å². The van der Waals surface area contributed by atoms with Crippen molar-refractivity contribution in [2.45, 2.75) is 6.42 Å². The maximum absolute atomic E-state index is 5.99. The number of quaternary nitrogens is 2. The van der Waals surface area contributed by atoms with Crippen LogP contribution in [0.5, 0.6) is 5.75 Å². The highest BCUT2D eigenvalue weighted by molar-refractivity contribution is 5.88. The molecule has 2 aromatic carbocycles. The molecule has 1 saturated heterocycles. The smallest absolute Gasteiger partial charge is 0.127 e. The van der Waals surface area contributed by atoms with Crippen LogP contribution in [0.15, 0.2) is 42.5 Å². The Hall–Kier alpha value is -1.58. The van der Waals surface area contributed by atoms with Crippen molar-refractivity contribution in [3.05, 3.63) is 42.5 Å². The Bertz CT molecular complexity index is 544. The van der Waals surface area contributed by atoms with Gasteiger partial charge in [-0.2, -0.15) is 0 Å². The maximum Gasteiger partial charge on any atom is 0.127 e. The fourth-order valence-corrected chi connectivity index (χ4v) is 2.96. The predicted molar refractivity (Wildman–Crippen MR) is 81.3 cm³/mol. The van der Waals surface area contributed by atoms with E-state index in [1.54, 1.807) is 4.90 Å². The number of fused-ring (bicyclic) bond motifs is 1. The third-order valence-electron chi connectivity index (χ3n) is 4.09. The third-order valence-corrected chi connectivity index (χ3v) is 4.09. The number of piperazine rings is 1. The van der Waals surface area contributed by atoms with Crippen LogP contribution in [0.2, 0.25) is 0 Å². The van der Waals surface area contributed by atoms with Crippen molar-refractivity contribution in [3.63, 3.8) is 0 Å². The van der Waals surface area contributed by atoms with Gasteiger partial charge < -0.3 is 15.0 Å². The van der Waals surface area contributed by atoms with Crippen LogP contribution in [0.3, 0.4) is 0 Å². The second-order valence-electron chi connectivity index (χ2n) is 5.55. The molecule has 1 aliphatic rings. The molecule has 3 nitrogen and oxygen atoms in total. The van der Waals surface area contributed by atoms with E-state index in [2.05, 4.69) is 47.8 Å². The summed E-state index contributed by atoms with van der Waals surface area (Å²) in [6.45, 7) is 7.21. The summed E-state index contributed by atoms with van der Waals surface area (Å²) in [6.07, 6.45) is 1.14. The van der Waals surface area contributed by atoms with Gasteiger partial charge in [0.15, 0.2) is 0 Å². The molecule has 0 aromatic heterocycles. The summed E-state index contributed by atoms with van der Waals surface area (Å²) in [5.41, 5.74) is 0. The van der Waals surface area contributed by atoms with E-state index in [1.165, 1.54) is 43.5 Å². The molecule has 1 aliphatic heterocycles. The first-order valence-corrected chi connectivity index (χ1v) is 7.69. The first-order valence-electron chi connectivity index (χ1n) is 7.69. The summed E-state index contributed by atoms with van der Waals surface area (Å²) < 4.78 is 5.99. The zero-order valence-corrected chi connectivity index (χ0v) is 12.0. The number of hydrogen-bond acceptors (Lipinski definition) is 1. The lowest BCUT2D eigenvalue weighted by Crippen LogP contribution is -3.20. The molecule has 1 heterocycles. The van der Waals surface area contributed by atoms with E-state index in [-0.39, 0.29) is 0 Å². The van der Waals surface area contributed by atoms with Crippen LogP contribution < -0.4 is 15.0 Å². The average molecular weight is 272 g/mol. The molecule has 0 saturated carbocycles. The van der Waals surface area contributed by atoms with Crippen LogP contribution in [-0.4, -0.2) is 39.3 Å². The molecule has 3 heteroatoms. The maximum atomic E-state index is 5.99. The van der Waals surface area contributed by atoms with Crippen molar-refractivity contribution >= 4 is 10.8 Å². The summed E-state index contributed by atoms with van der Waals surface area (Å²) in [7, 11) is 0. The fraction of sp³-hybridized carbons (Fsp3) is 0.412. The van der Waals surface area contributed by atoms with E-state index in [1.807, 2.05) is 0 Å². The van der Waals surface area contributed by atoms with Gasteiger partial charge in [0.25, 0.3) is 0 Å². The Labute approximate surface area is 120 Å². The lowest BCUT2D eigenvalue weighted by atomic mass is 10.1. The molecule has 0 radical (unpaired) electrons. The van der Waals surface area contributed by atoms with Gasteiger partial charge in [-0.05, 0) is 11.5 Å². The van der Waals surface area contributed by atoms with Gasteiger partial charge in [0.05, 0.1) is 13.2 Å². The van der Waals surface area contributed by atoms with Crippen LogP contribution in [0.25, 0.3) is 10.8 Å². The number of hydrogen-bond donors (Lipinski definition) is 2. The van der Waals surface area contributed by atoms with E-state index in [0.29, 0.717) is 0 Å². The zero-order chi connectivity index (χ0) is 13.6. The van der Waals surface area contributed by atoms with Gasteiger partial charge in [-0.3, -0.25) is 0 Å². The Balaban J connectivity index is 1.52. The lowest BCUT2D eigenvalue weighted by Gasteiger charge is -2.22. The van der Waals surface area contributed by atoms with Crippen LogP contribution in [0.4, 0.5) is 0 Å². The van der Waals surface area contributed by atoms with Gasteiger partial charge in [0.1, 0.15) is 31.9 Å². The van der Waals surface area contributed by atoms with E-state index < -0.39 is 0 Å². The number of benzene rings is 2. The second kappa shape index (κ2) is 6.73. The fourth-order valence-electron chi connectivity index (χ4n) is 2.96. The van der Waals surface area contributed by atoms with E-state index >= 15 is 0 Å². The van der Waals surface area contributed by atoms with Crippen LogP contribution in [0.1, 0.15) is 6.42 Å². The highest BCUT2D eigenvalue weighted by Gasteiger charge is 2.14. The quantitative estimate of drug-likeness (QED) is 0.742. The molecule has 20 heavy (non-hydrogen) atoms. The number of nitrogens with two attached hydrogens (primary N) is 1. The molecule has 0 amide bonds. The van der Waals surface area contributed by atoms with Crippen molar-refractivity contribution in [2.75, 3.05) is 39.3 Å². The van der Waals surface area contributed by atoms with E-state index in [9.17, 15) is 0 Å².